The average Bonchev–Trinajstić information content (AvgIpc) is 2.68. The quantitative estimate of drug-likeness (QED) is 0.799. The lowest BCUT2D eigenvalue weighted by atomic mass is 9.90. The minimum absolute atomic E-state index is 0.0410. The van der Waals surface area contributed by atoms with E-state index in [0.717, 1.165) is 18.5 Å². The van der Waals surface area contributed by atoms with Crippen molar-refractivity contribution in [1.29, 1.82) is 0 Å². The van der Waals surface area contributed by atoms with Gasteiger partial charge in [-0.1, -0.05) is 24.1 Å². The largest absolute Gasteiger partial charge is 0.338 e. The smallest absolute Gasteiger partial charge is 0.317 e. The average molecular weight is 245 g/mol. The lowest BCUT2D eigenvalue weighted by molar-refractivity contribution is 0.222. The van der Waals surface area contributed by atoms with Crippen LogP contribution in [-0.4, -0.2) is 11.7 Å². The Balaban J connectivity index is 1.82. The molecule has 4 nitrogen and oxygen atoms in total. The summed E-state index contributed by atoms with van der Waals surface area (Å²) in [7, 11) is 0. The van der Waals surface area contributed by atoms with Crippen molar-refractivity contribution in [2.24, 2.45) is 0 Å². The molecule has 1 aromatic rings. The van der Waals surface area contributed by atoms with Crippen LogP contribution >= 0.6 is 0 Å². The molecule has 0 radical (unpaired) electrons. The van der Waals surface area contributed by atoms with Crippen LogP contribution in [-0.2, 0) is 0 Å². The molecular weight excluding hydrogens is 226 g/mol. The molecule has 2 amide bonds. The highest BCUT2D eigenvalue weighted by atomic mass is 16.2. The SMILES string of the molecule is Cc1ccc(N2NC3(CCCCC3)NC2=O)cc1. The van der Waals surface area contributed by atoms with E-state index in [9.17, 15) is 4.79 Å². The second kappa shape index (κ2) is 4.28. The van der Waals surface area contributed by atoms with Gasteiger partial charge in [0.25, 0.3) is 0 Å². The number of nitrogens with zero attached hydrogens (tertiary/aromatic N) is 1. The molecule has 2 aliphatic rings. The Morgan fingerprint density at radius 2 is 1.78 bits per heavy atom. The molecule has 4 heteroatoms. The molecule has 1 saturated carbocycles. The number of carbonyl (C=O) groups is 1. The number of hydrogen-bond donors (Lipinski definition) is 2. The third kappa shape index (κ3) is 1.97. The summed E-state index contributed by atoms with van der Waals surface area (Å²) in [4.78, 5) is 12.1. The Hall–Kier alpha value is -1.55. The Bertz CT molecular complexity index is 449. The molecule has 3 rings (SSSR count). The van der Waals surface area contributed by atoms with Gasteiger partial charge in [-0.2, -0.15) is 0 Å². The summed E-state index contributed by atoms with van der Waals surface area (Å²) in [5, 5.41) is 4.75. The van der Waals surface area contributed by atoms with Crippen LogP contribution in [0.3, 0.4) is 0 Å². The van der Waals surface area contributed by atoms with E-state index in [-0.39, 0.29) is 11.7 Å². The molecule has 1 aliphatic carbocycles. The summed E-state index contributed by atoms with van der Waals surface area (Å²) in [5.74, 6) is 0. The predicted molar refractivity (Wildman–Crippen MR) is 71.1 cm³/mol. The second-order valence-electron chi connectivity index (χ2n) is 5.36. The van der Waals surface area contributed by atoms with E-state index in [1.807, 2.05) is 31.2 Å². The lowest BCUT2D eigenvalue weighted by Gasteiger charge is -2.33. The molecule has 2 fully saturated rings. The van der Waals surface area contributed by atoms with Gasteiger partial charge in [0.1, 0.15) is 5.66 Å². The van der Waals surface area contributed by atoms with E-state index >= 15 is 0 Å². The fraction of sp³-hybridized carbons (Fsp3) is 0.500. The van der Waals surface area contributed by atoms with Crippen molar-refractivity contribution in [1.82, 2.24) is 10.7 Å². The zero-order valence-corrected chi connectivity index (χ0v) is 10.7. The van der Waals surface area contributed by atoms with Gasteiger partial charge >= 0.3 is 6.03 Å². The highest BCUT2D eigenvalue weighted by Crippen LogP contribution is 2.30. The van der Waals surface area contributed by atoms with Gasteiger partial charge in [-0.25, -0.2) is 15.2 Å². The van der Waals surface area contributed by atoms with Gasteiger partial charge in [-0.05, 0) is 44.7 Å². The first-order valence-corrected chi connectivity index (χ1v) is 6.65. The van der Waals surface area contributed by atoms with Crippen LogP contribution in [0.15, 0.2) is 24.3 Å². The number of nitrogens with one attached hydrogen (secondary N) is 2. The molecule has 18 heavy (non-hydrogen) atoms. The topological polar surface area (TPSA) is 44.4 Å². The normalized spacial score (nSPS) is 22.3. The van der Waals surface area contributed by atoms with E-state index in [1.165, 1.54) is 24.8 Å². The van der Waals surface area contributed by atoms with Crippen LogP contribution in [0.2, 0.25) is 0 Å². The molecule has 1 aliphatic heterocycles. The summed E-state index contributed by atoms with van der Waals surface area (Å²) in [6, 6.07) is 7.96. The third-order valence-electron chi connectivity index (χ3n) is 3.87. The van der Waals surface area contributed by atoms with Crippen molar-refractivity contribution < 1.29 is 4.79 Å². The maximum atomic E-state index is 12.1. The molecule has 1 spiro atoms. The van der Waals surface area contributed by atoms with Crippen molar-refractivity contribution in [2.45, 2.75) is 44.7 Å². The number of hydrogen-bond acceptors (Lipinski definition) is 2. The third-order valence-corrected chi connectivity index (χ3v) is 3.87. The van der Waals surface area contributed by atoms with E-state index in [2.05, 4.69) is 10.7 Å². The number of urea groups is 1. The van der Waals surface area contributed by atoms with Crippen LogP contribution in [0.4, 0.5) is 10.5 Å². The molecule has 1 heterocycles. The van der Waals surface area contributed by atoms with Gasteiger partial charge in [0.2, 0.25) is 0 Å². The Morgan fingerprint density at radius 1 is 1.11 bits per heavy atom. The molecule has 0 unspecified atom stereocenters. The Morgan fingerprint density at radius 3 is 2.44 bits per heavy atom. The summed E-state index contributed by atoms with van der Waals surface area (Å²) in [5.41, 5.74) is 5.26. The maximum Gasteiger partial charge on any atom is 0.338 e. The highest BCUT2D eigenvalue weighted by molar-refractivity contribution is 5.93. The molecular formula is C14H19N3O. The van der Waals surface area contributed by atoms with Crippen LogP contribution in [0, 0.1) is 6.92 Å². The molecule has 1 aromatic carbocycles. The zero-order valence-electron chi connectivity index (χ0n) is 10.7. The van der Waals surface area contributed by atoms with Crippen LogP contribution in [0.25, 0.3) is 0 Å². The van der Waals surface area contributed by atoms with Crippen LogP contribution in [0.5, 0.6) is 0 Å². The number of benzene rings is 1. The summed E-state index contributed by atoms with van der Waals surface area (Å²) in [6.07, 6.45) is 5.65. The van der Waals surface area contributed by atoms with Crippen molar-refractivity contribution >= 4 is 11.7 Å². The molecule has 96 valence electrons. The first-order chi connectivity index (χ1) is 8.69. The number of anilines is 1. The van der Waals surface area contributed by atoms with Gasteiger partial charge in [0.15, 0.2) is 0 Å². The van der Waals surface area contributed by atoms with E-state index in [0.29, 0.717) is 0 Å². The van der Waals surface area contributed by atoms with Crippen LogP contribution in [0.1, 0.15) is 37.7 Å². The molecule has 0 atom stereocenters. The van der Waals surface area contributed by atoms with Crippen LogP contribution < -0.4 is 15.8 Å². The zero-order chi connectivity index (χ0) is 12.6. The van der Waals surface area contributed by atoms with Crippen molar-refractivity contribution in [3.05, 3.63) is 29.8 Å². The van der Waals surface area contributed by atoms with E-state index < -0.39 is 0 Å². The van der Waals surface area contributed by atoms with E-state index in [4.69, 9.17) is 0 Å². The maximum absolute atomic E-state index is 12.1. The fourth-order valence-corrected chi connectivity index (χ4v) is 2.82. The number of carbonyl (C=O) groups excluding carboxylic acids is 1. The number of aryl methyl sites for hydroxylation is 1. The van der Waals surface area contributed by atoms with Crippen molar-refractivity contribution in [3.63, 3.8) is 0 Å². The first-order valence-electron chi connectivity index (χ1n) is 6.65. The summed E-state index contributed by atoms with van der Waals surface area (Å²) in [6.45, 7) is 2.05. The minimum atomic E-state index is -0.208. The van der Waals surface area contributed by atoms with Gasteiger partial charge in [0, 0.05) is 0 Å². The minimum Gasteiger partial charge on any atom is -0.317 e. The van der Waals surface area contributed by atoms with Crippen molar-refractivity contribution in [2.75, 3.05) is 5.01 Å². The molecule has 1 saturated heterocycles. The number of rotatable bonds is 1. The molecule has 0 bridgehead atoms. The van der Waals surface area contributed by atoms with Crippen molar-refractivity contribution in [3.8, 4) is 0 Å². The van der Waals surface area contributed by atoms with Gasteiger partial charge in [0.05, 0.1) is 5.69 Å². The number of hydrazine groups is 1. The monoisotopic (exact) mass is 245 g/mol. The summed E-state index contributed by atoms with van der Waals surface area (Å²) < 4.78 is 0. The fourth-order valence-electron chi connectivity index (χ4n) is 2.82. The van der Waals surface area contributed by atoms with E-state index in [1.54, 1.807) is 5.01 Å². The Kier molecular flexibility index (Phi) is 2.74. The second-order valence-corrected chi connectivity index (χ2v) is 5.36. The molecule has 2 N–H and O–H groups in total. The van der Waals surface area contributed by atoms with Gasteiger partial charge in [-0.3, -0.25) is 0 Å². The lowest BCUT2D eigenvalue weighted by Crippen LogP contribution is -2.52. The first kappa shape index (κ1) is 11.5. The highest BCUT2D eigenvalue weighted by Gasteiger charge is 2.43. The number of amides is 2. The predicted octanol–water partition coefficient (Wildman–Crippen LogP) is 2.69. The molecule has 0 aromatic heterocycles. The summed E-state index contributed by atoms with van der Waals surface area (Å²) >= 11 is 0. The standard InChI is InChI=1S/C14H19N3O/c1-11-5-7-12(8-6-11)17-13(18)15-14(16-17)9-3-2-4-10-14/h5-8,16H,2-4,9-10H2,1H3,(H,15,18). The van der Waals surface area contributed by atoms with Gasteiger partial charge in [-0.15, -0.1) is 0 Å². The van der Waals surface area contributed by atoms with Gasteiger partial charge < -0.3 is 5.32 Å². The Labute approximate surface area is 107 Å².